The highest BCUT2D eigenvalue weighted by molar-refractivity contribution is 4.96. The third kappa shape index (κ3) is 7.12. The molecule has 0 radical (unpaired) electrons. The van der Waals surface area contributed by atoms with Crippen molar-refractivity contribution < 1.29 is 17.9 Å². The molecule has 0 saturated heterocycles. The summed E-state index contributed by atoms with van der Waals surface area (Å²) in [4.78, 5) is 0. The molecule has 0 aliphatic heterocycles. The molecule has 1 nitrogen and oxygen atoms in total. The second kappa shape index (κ2) is 13.6. The van der Waals surface area contributed by atoms with Crippen molar-refractivity contribution in [3.05, 3.63) is 0 Å². The van der Waals surface area contributed by atoms with E-state index in [0.29, 0.717) is 31.8 Å². The van der Waals surface area contributed by atoms with Crippen LogP contribution in [0.3, 0.4) is 0 Å². The normalized spacial score (nSPS) is 41.0. The summed E-state index contributed by atoms with van der Waals surface area (Å²) in [7, 11) is 0. The van der Waals surface area contributed by atoms with Crippen LogP contribution in [0.2, 0.25) is 0 Å². The minimum absolute atomic E-state index is 0.000831. The van der Waals surface area contributed by atoms with Gasteiger partial charge in [-0.05, 0) is 81.0 Å². The Kier molecular flexibility index (Phi) is 11.2. The van der Waals surface area contributed by atoms with Gasteiger partial charge in [-0.15, -0.1) is 0 Å². The molecule has 7 atom stereocenters. The van der Waals surface area contributed by atoms with Crippen molar-refractivity contribution in [3.8, 4) is 0 Å². The number of hydrogen-bond acceptors (Lipinski definition) is 1. The van der Waals surface area contributed by atoms with E-state index in [0.717, 1.165) is 44.4 Å². The maximum absolute atomic E-state index is 15.3. The lowest BCUT2D eigenvalue weighted by atomic mass is 9.64. The van der Waals surface area contributed by atoms with E-state index in [4.69, 9.17) is 4.74 Å². The average molecular weight is 459 g/mol. The zero-order valence-electron chi connectivity index (χ0n) is 20.8. The lowest BCUT2D eigenvalue weighted by molar-refractivity contribution is -0.0927. The molecule has 0 bridgehead atoms. The van der Waals surface area contributed by atoms with Gasteiger partial charge in [-0.3, -0.25) is 0 Å². The van der Waals surface area contributed by atoms with E-state index < -0.39 is 24.6 Å². The molecule has 4 heteroatoms. The molecule has 0 spiro atoms. The Morgan fingerprint density at radius 2 is 1.34 bits per heavy atom. The number of halogens is 3. The molecule has 3 aliphatic rings. The van der Waals surface area contributed by atoms with E-state index in [9.17, 15) is 4.39 Å². The Labute approximate surface area is 195 Å². The summed E-state index contributed by atoms with van der Waals surface area (Å²) in [6.07, 6.45) is 12.0. The number of hydrogen-bond donors (Lipinski definition) is 0. The quantitative estimate of drug-likeness (QED) is 0.281. The molecule has 3 rings (SSSR count). The van der Waals surface area contributed by atoms with Gasteiger partial charge in [0.05, 0.1) is 6.10 Å². The molecule has 0 heterocycles. The summed E-state index contributed by atoms with van der Waals surface area (Å²) in [5.41, 5.74) is 0. The summed E-state index contributed by atoms with van der Waals surface area (Å²) in [5.74, 6) is 1.18. The van der Waals surface area contributed by atoms with Crippen LogP contribution in [0.4, 0.5) is 13.2 Å². The van der Waals surface area contributed by atoms with Crippen molar-refractivity contribution >= 4 is 0 Å². The molecule has 0 N–H and O–H groups in total. The zero-order valence-corrected chi connectivity index (χ0v) is 20.8. The van der Waals surface area contributed by atoms with Crippen LogP contribution in [0.5, 0.6) is 0 Å². The first-order valence-electron chi connectivity index (χ1n) is 14.1. The van der Waals surface area contributed by atoms with Crippen molar-refractivity contribution in [1.82, 2.24) is 0 Å². The SMILES string of the molecule is CCCCCCOC1CCC(C2CCC(C3CCC(CCCC)CC3)C(F)C2)C(F)C1F. The Morgan fingerprint density at radius 1 is 0.656 bits per heavy atom. The van der Waals surface area contributed by atoms with Gasteiger partial charge < -0.3 is 4.74 Å². The molecule has 0 aromatic rings. The number of ether oxygens (including phenoxy) is 1. The summed E-state index contributed by atoms with van der Waals surface area (Å²) in [6.45, 7) is 4.93. The number of unbranched alkanes of at least 4 members (excludes halogenated alkanes) is 4. The van der Waals surface area contributed by atoms with Crippen LogP contribution in [0.15, 0.2) is 0 Å². The standard InChI is InChI=1S/C28H49F3O/c1-3-5-7-8-18-32-26-17-16-24(27(30)28(26)31)22-14-15-23(25(29)19-22)21-12-10-20(11-13-21)9-6-4-2/h20-28H,3-19H2,1-2H3. The third-order valence-electron chi connectivity index (χ3n) is 9.11. The van der Waals surface area contributed by atoms with E-state index in [1.165, 1.54) is 44.9 Å². The average Bonchev–Trinajstić information content (AvgIpc) is 2.80. The lowest BCUT2D eigenvalue weighted by Crippen LogP contribution is -2.47. The van der Waals surface area contributed by atoms with Crippen LogP contribution >= 0.6 is 0 Å². The molecule has 3 saturated carbocycles. The molecule has 7 unspecified atom stereocenters. The summed E-state index contributed by atoms with van der Waals surface area (Å²) in [6, 6.07) is 0. The van der Waals surface area contributed by atoms with E-state index >= 15 is 8.78 Å². The van der Waals surface area contributed by atoms with Crippen LogP contribution in [0.1, 0.15) is 117 Å². The second-order valence-corrected chi connectivity index (χ2v) is 11.3. The molecule has 0 aromatic carbocycles. The number of alkyl halides is 3. The summed E-state index contributed by atoms with van der Waals surface area (Å²) in [5, 5.41) is 0. The van der Waals surface area contributed by atoms with Crippen molar-refractivity contribution in [1.29, 1.82) is 0 Å². The summed E-state index contributed by atoms with van der Waals surface area (Å²) >= 11 is 0. The molecule has 0 aromatic heterocycles. The highest BCUT2D eigenvalue weighted by Crippen LogP contribution is 2.48. The Hall–Kier alpha value is -0.250. The van der Waals surface area contributed by atoms with Gasteiger partial charge in [-0.25, -0.2) is 13.2 Å². The lowest BCUT2D eigenvalue weighted by Gasteiger charge is -2.44. The van der Waals surface area contributed by atoms with Gasteiger partial charge in [0.2, 0.25) is 0 Å². The Balaban J connectivity index is 1.41. The fraction of sp³-hybridized carbons (Fsp3) is 1.00. The fourth-order valence-electron chi connectivity index (χ4n) is 7.04. The van der Waals surface area contributed by atoms with E-state index in [-0.39, 0.29) is 17.8 Å². The maximum atomic E-state index is 15.3. The Morgan fingerprint density at radius 3 is 2.03 bits per heavy atom. The first-order chi connectivity index (χ1) is 15.5. The molecular weight excluding hydrogens is 409 g/mol. The highest BCUT2D eigenvalue weighted by Gasteiger charge is 2.47. The van der Waals surface area contributed by atoms with Crippen LogP contribution in [-0.2, 0) is 4.74 Å². The third-order valence-corrected chi connectivity index (χ3v) is 9.11. The number of rotatable bonds is 11. The van der Waals surface area contributed by atoms with Crippen LogP contribution in [0.25, 0.3) is 0 Å². The minimum Gasteiger partial charge on any atom is -0.375 e. The van der Waals surface area contributed by atoms with E-state index in [1.54, 1.807) is 0 Å². The predicted octanol–water partition coefficient (Wildman–Crippen LogP) is 8.79. The smallest absolute Gasteiger partial charge is 0.157 e. The van der Waals surface area contributed by atoms with Crippen LogP contribution in [-0.4, -0.2) is 31.2 Å². The van der Waals surface area contributed by atoms with Crippen molar-refractivity contribution in [2.45, 2.75) is 141 Å². The first-order valence-corrected chi connectivity index (χ1v) is 14.1. The molecule has 3 fully saturated rings. The molecular formula is C28H49F3O. The maximum Gasteiger partial charge on any atom is 0.157 e. The largest absolute Gasteiger partial charge is 0.375 e. The van der Waals surface area contributed by atoms with Gasteiger partial charge in [-0.2, -0.15) is 0 Å². The molecule has 3 aliphatic carbocycles. The van der Waals surface area contributed by atoms with Crippen molar-refractivity contribution in [2.75, 3.05) is 6.61 Å². The highest BCUT2D eigenvalue weighted by atomic mass is 19.2. The van der Waals surface area contributed by atoms with E-state index in [2.05, 4.69) is 13.8 Å². The Bertz CT molecular complexity index is 507. The van der Waals surface area contributed by atoms with Gasteiger partial charge in [-0.1, -0.05) is 65.2 Å². The monoisotopic (exact) mass is 458 g/mol. The van der Waals surface area contributed by atoms with E-state index in [1.807, 2.05) is 0 Å². The second-order valence-electron chi connectivity index (χ2n) is 11.3. The predicted molar refractivity (Wildman–Crippen MR) is 127 cm³/mol. The van der Waals surface area contributed by atoms with Gasteiger partial charge in [0.25, 0.3) is 0 Å². The molecule has 32 heavy (non-hydrogen) atoms. The minimum atomic E-state index is -1.55. The summed E-state index contributed by atoms with van der Waals surface area (Å²) < 4.78 is 50.8. The first kappa shape index (κ1) is 26.4. The van der Waals surface area contributed by atoms with Crippen molar-refractivity contribution in [3.63, 3.8) is 0 Å². The zero-order chi connectivity index (χ0) is 22.9. The van der Waals surface area contributed by atoms with Gasteiger partial charge >= 0.3 is 0 Å². The van der Waals surface area contributed by atoms with Gasteiger partial charge in [0.15, 0.2) is 6.17 Å². The topological polar surface area (TPSA) is 9.23 Å². The molecule has 188 valence electrons. The van der Waals surface area contributed by atoms with Crippen LogP contribution in [0, 0.1) is 29.6 Å². The van der Waals surface area contributed by atoms with Gasteiger partial charge in [0.1, 0.15) is 12.3 Å². The van der Waals surface area contributed by atoms with Crippen LogP contribution < -0.4 is 0 Å². The van der Waals surface area contributed by atoms with Gasteiger partial charge in [0, 0.05) is 6.61 Å². The fourth-order valence-corrected chi connectivity index (χ4v) is 7.04. The van der Waals surface area contributed by atoms with Crippen molar-refractivity contribution in [2.24, 2.45) is 29.6 Å². The molecule has 0 amide bonds.